The van der Waals surface area contributed by atoms with E-state index >= 15 is 0 Å². The van der Waals surface area contributed by atoms with E-state index < -0.39 is 0 Å². The summed E-state index contributed by atoms with van der Waals surface area (Å²) in [7, 11) is 1.66. The number of likely N-dealkylation sites (tertiary alicyclic amines) is 1. The first-order valence-corrected chi connectivity index (χ1v) is 11.0. The number of halogens is 1. The number of anilines is 1. The third-order valence-corrected chi connectivity index (χ3v) is 5.99. The molecular formula is C23H29ClN4O2. The summed E-state index contributed by atoms with van der Waals surface area (Å²) in [4.78, 5) is 11.3. The molecule has 1 aliphatic heterocycles. The van der Waals surface area contributed by atoms with Crippen molar-refractivity contribution < 1.29 is 9.47 Å². The van der Waals surface area contributed by atoms with E-state index in [9.17, 15) is 0 Å². The van der Waals surface area contributed by atoms with E-state index in [0.717, 1.165) is 74.7 Å². The second kappa shape index (κ2) is 9.67. The second-order valence-corrected chi connectivity index (χ2v) is 8.24. The van der Waals surface area contributed by atoms with Crippen LogP contribution in [0.2, 0.25) is 5.28 Å². The number of fused-ring (bicyclic) bond motifs is 1. The minimum atomic E-state index is 0.351. The number of nitrogens with zero attached hydrogens (tertiary/aromatic N) is 3. The van der Waals surface area contributed by atoms with Gasteiger partial charge in [0.25, 0.3) is 0 Å². The van der Waals surface area contributed by atoms with Crippen LogP contribution in [0, 0.1) is 0 Å². The second-order valence-electron chi connectivity index (χ2n) is 7.90. The van der Waals surface area contributed by atoms with Gasteiger partial charge in [0.1, 0.15) is 12.4 Å². The van der Waals surface area contributed by atoms with Crippen molar-refractivity contribution in [2.45, 2.75) is 44.7 Å². The van der Waals surface area contributed by atoms with Crippen molar-refractivity contribution in [2.24, 2.45) is 0 Å². The molecule has 1 aromatic carbocycles. The molecule has 160 valence electrons. The summed E-state index contributed by atoms with van der Waals surface area (Å²) in [5.74, 6) is 2.46. The fourth-order valence-corrected chi connectivity index (χ4v) is 4.48. The van der Waals surface area contributed by atoms with Gasteiger partial charge in [0, 0.05) is 31.2 Å². The molecule has 0 bridgehead atoms. The number of nitrogens with one attached hydrogen (secondary N) is 1. The van der Waals surface area contributed by atoms with Crippen molar-refractivity contribution in [1.29, 1.82) is 0 Å². The Bertz CT molecular complexity index is 897. The molecule has 2 aromatic rings. The first kappa shape index (κ1) is 20.9. The van der Waals surface area contributed by atoms with Crippen LogP contribution in [0.4, 0.5) is 5.82 Å². The van der Waals surface area contributed by atoms with Crippen LogP contribution < -0.4 is 14.8 Å². The standard InChI is InChI=1S/C23H29ClN4O2/c1-3-13-30-21-14-16(7-8-20(21)29-2)15-28-11-9-17(10-12-28)25-22-18-5-4-6-19(18)26-23(24)27-22/h3,7-8,14,17H,1,4-6,9-13,15H2,2H3,(H,25,26,27). The summed E-state index contributed by atoms with van der Waals surface area (Å²) < 4.78 is 11.1. The molecule has 2 aliphatic rings. The van der Waals surface area contributed by atoms with Crippen LogP contribution in [-0.4, -0.2) is 47.7 Å². The van der Waals surface area contributed by atoms with E-state index in [2.05, 4.69) is 38.9 Å². The van der Waals surface area contributed by atoms with E-state index in [-0.39, 0.29) is 0 Å². The quantitative estimate of drug-likeness (QED) is 0.500. The van der Waals surface area contributed by atoms with Crippen molar-refractivity contribution in [3.63, 3.8) is 0 Å². The van der Waals surface area contributed by atoms with Gasteiger partial charge in [-0.2, -0.15) is 0 Å². The highest BCUT2D eigenvalue weighted by molar-refractivity contribution is 6.28. The monoisotopic (exact) mass is 428 g/mol. The molecule has 2 heterocycles. The van der Waals surface area contributed by atoms with Crippen LogP contribution in [0.15, 0.2) is 30.9 Å². The topological polar surface area (TPSA) is 59.5 Å². The first-order valence-electron chi connectivity index (χ1n) is 10.6. The molecule has 0 radical (unpaired) electrons. The highest BCUT2D eigenvalue weighted by Gasteiger charge is 2.24. The predicted molar refractivity (Wildman–Crippen MR) is 120 cm³/mol. The Kier molecular flexibility index (Phi) is 6.75. The molecule has 1 N–H and O–H groups in total. The van der Waals surface area contributed by atoms with Crippen LogP contribution in [0.1, 0.15) is 36.1 Å². The van der Waals surface area contributed by atoms with Crippen molar-refractivity contribution >= 4 is 17.4 Å². The van der Waals surface area contributed by atoms with E-state index in [0.29, 0.717) is 17.9 Å². The maximum atomic E-state index is 6.13. The highest BCUT2D eigenvalue weighted by Crippen LogP contribution is 2.30. The van der Waals surface area contributed by atoms with Crippen molar-refractivity contribution in [3.8, 4) is 11.5 Å². The number of ether oxygens (including phenoxy) is 2. The van der Waals surface area contributed by atoms with Crippen molar-refractivity contribution in [3.05, 3.63) is 53.0 Å². The molecule has 1 fully saturated rings. The summed E-state index contributed by atoms with van der Waals surface area (Å²) in [6.07, 6.45) is 7.08. The smallest absolute Gasteiger partial charge is 0.224 e. The van der Waals surface area contributed by atoms with Gasteiger partial charge in [0.15, 0.2) is 11.5 Å². The summed E-state index contributed by atoms with van der Waals surface area (Å²) >= 11 is 6.13. The normalized spacial score (nSPS) is 16.9. The van der Waals surface area contributed by atoms with Gasteiger partial charge in [-0.3, -0.25) is 4.90 Å². The molecule has 30 heavy (non-hydrogen) atoms. The first-order chi connectivity index (χ1) is 14.7. The van der Waals surface area contributed by atoms with Gasteiger partial charge in [0.2, 0.25) is 5.28 Å². The van der Waals surface area contributed by atoms with Gasteiger partial charge in [-0.05, 0) is 61.4 Å². The van der Waals surface area contributed by atoms with Gasteiger partial charge in [-0.25, -0.2) is 9.97 Å². The third-order valence-electron chi connectivity index (χ3n) is 5.83. The van der Waals surface area contributed by atoms with Crippen LogP contribution in [-0.2, 0) is 19.4 Å². The van der Waals surface area contributed by atoms with Crippen LogP contribution in [0.25, 0.3) is 0 Å². The minimum Gasteiger partial charge on any atom is -0.493 e. The number of methoxy groups -OCH3 is 1. The zero-order valence-electron chi connectivity index (χ0n) is 17.5. The molecule has 0 unspecified atom stereocenters. The molecule has 1 saturated heterocycles. The fraction of sp³-hybridized carbons (Fsp3) is 0.478. The molecular weight excluding hydrogens is 400 g/mol. The molecule has 0 amide bonds. The van der Waals surface area contributed by atoms with Crippen molar-refractivity contribution in [1.82, 2.24) is 14.9 Å². The Morgan fingerprint density at radius 2 is 2.07 bits per heavy atom. The lowest BCUT2D eigenvalue weighted by atomic mass is 10.0. The van der Waals surface area contributed by atoms with Gasteiger partial charge in [-0.1, -0.05) is 18.7 Å². The number of rotatable bonds is 8. The lowest BCUT2D eigenvalue weighted by molar-refractivity contribution is 0.210. The summed E-state index contributed by atoms with van der Waals surface area (Å²) in [5, 5.41) is 4.00. The zero-order valence-corrected chi connectivity index (χ0v) is 18.2. The number of aryl methyl sites for hydroxylation is 1. The van der Waals surface area contributed by atoms with Crippen molar-refractivity contribution in [2.75, 3.05) is 32.1 Å². The largest absolute Gasteiger partial charge is 0.493 e. The number of aromatic nitrogens is 2. The maximum absolute atomic E-state index is 6.13. The Morgan fingerprint density at radius 3 is 2.83 bits per heavy atom. The summed E-state index contributed by atoms with van der Waals surface area (Å²) in [6.45, 7) is 7.15. The molecule has 0 atom stereocenters. The number of piperidine rings is 1. The maximum Gasteiger partial charge on any atom is 0.224 e. The van der Waals surface area contributed by atoms with Gasteiger partial charge >= 0.3 is 0 Å². The third kappa shape index (κ3) is 4.87. The number of benzene rings is 1. The number of hydrogen-bond donors (Lipinski definition) is 1. The molecule has 1 aromatic heterocycles. The Balaban J connectivity index is 1.34. The Morgan fingerprint density at radius 1 is 1.23 bits per heavy atom. The van der Waals surface area contributed by atoms with Gasteiger partial charge in [0.05, 0.1) is 12.8 Å². The number of hydrogen-bond acceptors (Lipinski definition) is 6. The van der Waals surface area contributed by atoms with E-state index in [4.69, 9.17) is 21.1 Å². The van der Waals surface area contributed by atoms with Gasteiger partial charge < -0.3 is 14.8 Å². The fourth-order valence-electron chi connectivity index (χ4n) is 4.29. The average Bonchev–Trinajstić information content (AvgIpc) is 3.22. The molecule has 1 aliphatic carbocycles. The lowest BCUT2D eigenvalue weighted by Gasteiger charge is -2.33. The van der Waals surface area contributed by atoms with Crippen LogP contribution in [0.3, 0.4) is 0 Å². The minimum absolute atomic E-state index is 0.351. The van der Waals surface area contributed by atoms with E-state index in [1.54, 1.807) is 13.2 Å². The average molecular weight is 429 g/mol. The van der Waals surface area contributed by atoms with Gasteiger partial charge in [-0.15, -0.1) is 0 Å². The molecule has 4 rings (SSSR count). The molecule has 0 saturated carbocycles. The Labute approximate surface area is 183 Å². The zero-order chi connectivity index (χ0) is 20.9. The molecule has 0 spiro atoms. The molecule has 6 nitrogen and oxygen atoms in total. The van der Waals surface area contributed by atoms with Crippen LogP contribution >= 0.6 is 11.6 Å². The summed E-state index contributed by atoms with van der Waals surface area (Å²) in [6, 6.07) is 6.57. The summed E-state index contributed by atoms with van der Waals surface area (Å²) in [5.41, 5.74) is 3.60. The SMILES string of the molecule is C=CCOc1cc(CN2CCC(Nc3nc(Cl)nc4c3CCC4)CC2)ccc1OC. The predicted octanol–water partition coefficient (Wildman–Crippen LogP) is 4.27. The lowest BCUT2D eigenvalue weighted by Crippen LogP contribution is -2.39. The highest BCUT2D eigenvalue weighted by atomic mass is 35.5. The Hall–Kier alpha value is -2.31. The van der Waals surface area contributed by atoms with Crippen LogP contribution in [0.5, 0.6) is 11.5 Å². The van der Waals surface area contributed by atoms with E-state index in [1.165, 1.54) is 11.1 Å². The van der Waals surface area contributed by atoms with E-state index in [1.807, 2.05) is 6.07 Å². The molecule has 7 heteroatoms.